The molecule has 1 fully saturated rings. The van der Waals surface area contributed by atoms with Crippen molar-refractivity contribution in [1.29, 1.82) is 0 Å². The van der Waals surface area contributed by atoms with Crippen LogP contribution in [-0.2, 0) is 4.79 Å². The molecule has 0 heterocycles. The highest BCUT2D eigenvalue weighted by molar-refractivity contribution is 5.69. The lowest BCUT2D eigenvalue weighted by molar-refractivity contribution is -0.140. The lowest BCUT2D eigenvalue weighted by Gasteiger charge is -2.42. The highest BCUT2D eigenvalue weighted by Crippen LogP contribution is 2.50. The number of carboxylic acid groups (broad SMARTS) is 1. The second-order valence-electron chi connectivity index (χ2n) is 4.94. The molecule has 2 rings (SSSR count). The van der Waals surface area contributed by atoms with Crippen LogP contribution in [0.25, 0.3) is 6.08 Å². The van der Waals surface area contributed by atoms with Crippen molar-refractivity contribution in [2.75, 3.05) is 0 Å². The van der Waals surface area contributed by atoms with Crippen molar-refractivity contribution in [3.63, 3.8) is 0 Å². The number of hydrogen-bond acceptors (Lipinski definition) is 1. The Morgan fingerprint density at radius 1 is 1.35 bits per heavy atom. The second-order valence-corrected chi connectivity index (χ2v) is 4.94. The van der Waals surface area contributed by atoms with E-state index in [9.17, 15) is 4.79 Å². The zero-order valence-corrected chi connectivity index (χ0v) is 10.1. The van der Waals surface area contributed by atoms with Crippen LogP contribution in [0.15, 0.2) is 35.9 Å². The molecule has 0 radical (unpaired) electrons. The summed E-state index contributed by atoms with van der Waals surface area (Å²) in [6, 6.07) is 10.1. The van der Waals surface area contributed by atoms with Crippen molar-refractivity contribution in [2.45, 2.75) is 32.6 Å². The lowest BCUT2D eigenvalue weighted by atomic mass is 9.62. The molecule has 2 nitrogen and oxygen atoms in total. The number of carbonyl (C=O) groups is 1. The van der Waals surface area contributed by atoms with Crippen molar-refractivity contribution in [1.82, 2.24) is 0 Å². The molecule has 17 heavy (non-hydrogen) atoms. The molecule has 0 spiro atoms. The molecule has 1 aliphatic carbocycles. The average Bonchev–Trinajstić information content (AvgIpc) is 2.24. The third-order valence-corrected chi connectivity index (χ3v) is 3.82. The van der Waals surface area contributed by atoms with Crippen LogP contribution < -0.4 is 0 Å². The molecule has 0 aliphatic heterocycles. The first-order valence-electron chi connectivity index (χ1n) is 6.08. The number of allylic oxidation sites excluding steroid dienone is 1. The third-order valence-electron chi connectivity index (χ3n) is 3.82. The van der Waals surface area contributed by atoms with E-state index in [2.05, 4.69) is 25.1 Å². The summed E-state index contributed by atoms with van der Waals surface area (Å²) in [6.07, 6.45) is 5.56. The van der Waals surface area contributed by atoms with E-state index in [0.29, 0.717) is 0 Å². The van der Waals surface area contributed by atoms with E-state index in [1.165, 1.54) is 5.57 Å². The summed E-state index contributed by atoms with van der Waals surface area (Å²) in [7, 11) is 0. The van der Waals surface area contributed by atoms with Gasteiger partial charge in [0.2, 0.25) is 0 Å². The van der Waals surface area contributed by atoms with Gasteiger partial charge in [0, 0.05) is 5.41 Å². The van der Waals surface area contributed by atoms with Crippen LogP contribution in [0, 0.1) is 5.41 Å². The minimum Gasteiger partial charge on any atom is -0.481 e. The molecular weight excluding hydrogens is 212 g/mol. The van der Waals surface area contributed by atoms with Gasteiger partial charge in [-0.25, -0.2) is 0 Å². The molecule has 1 aromatic rings. The van der Waals surface area contributed by atoms with Gasteiger partial charge in [-0.1, -0.05) is 48.4 Å². The molecule has 90 valence electrons. The van der Waals surface area contributed by atoms with Crippen LogP contribution >= 0.6 is 0 Å². The summed E-state index contributed by atoms with van der Waals surface area (Å²) in [6.45, 7) is 2.06. The molecule has 1 aromatic carbocycles. The minimum atomic E-state index is -0.689. The number of rotatable bonds is 4. The maximum Gasteiger partial charge on any atom is 0.304 e. The number of hydrogen-bond donors (Lipinski definition) is 1. The number of carboxylic acids is 1. The van der Waals surface area contributed by atoms with Crippen LogP contribution in [0.3, 0.4) is 0 Å². The Bertz CT molecular complexity index is 427. The van der Waals surface area contributed by atoms with Gasteiger partial charge in [-0.15, -0.1) is 0 Å². The molecule has 0 saturated heterocycles. The predicted octanol–water partition coefficient (Wildman–Crippen LogP) is 3.73. The second kappa shape index (κ2) is 4.74. The van der Waals surface area contributed by atoms with Gasteiger partial charge in [-0.05, 0) is 25.3 Å². The average molecular weight is 230 g/mol. The Morgan fingerprint density at radius 3 is 2.47 bits per heavy atom. The summed E-state index contributed by atoms with van der Waals surface area (Å²) in [5.74, 6) is -0.689. The predicted molar refractivity (Wildman–Crippen MR) is 68.6 cm³/mol. The summed E-state index contributed by atoms with van der Waals surface area (Å²) in [5.41, 5.74) is 2.28. The first-order valence-corrected chi connectivity index (χ1v) is 6.08. The molecule has 2 heteroatoms. The Morgan fingerprint density at radius 2 is 2.00 bits per heavy atom. The van der Waals surface area contributed by atoms with Crippen molar-refractivity contribution in [2.24, 2.45) is 5.41 Å². The van der Waals surface area contributed by atoms with Gasteiger partial charge in [0.1, 0.15) is 0 Å². The van der Waals surface area contributed by atoms with Crippen LogP contribution in [0.5, 0.6) is 0 Å². The van der Waals surface area contributed by atoms with E-state index in [1.54, 1.807) is 0 Å². The topological polar surface area (TPSA) is 37.3 Å². The molecule has 1 aliphatic rings. The monoisotopic (exact) mass is 230 g/mol. The largest absolute Gasteiger partial charge is 0.481 e. The summed E-state index contributed by atoms with van der Waals surface area (Å²) >= 11 is 0. The van der Waals surface area contributed by atoms with Crippen LogP contribution in [-0.4, -0.2) is 11.1 Å². The summed E-state index contributed by atoms with van der Waals surface area (Å²) in [4.78, 5) is 10.9. The Balaban J connectivity index is 2.20. The van der Waals surface area contributed by atoms with E-state index >= 15 is 0 Å². The van der Waals surface area contributed by atoms with Gasteiger partial charge in [0.25, 0.3) is 0 Å². The molecule has 0 atom stereocenters. The molecule has 0 aromatic heterocycles. The van der Waals surface area contributed by atoms with Crippen molar-refractivity contribution >= 4 is 12.0 Å². The maximum absolute atomic E-state index is 10.9. The smallest absolute Gasteiger partial charge is 0.304 e. The zero-order valence-electron chi connectivity index (χ0n) is 10.1. The van der Waals surface area contributed by atoms with Crippen molar-refractivity contribution in [3.8, 4) is 0 Å². The van der Waals surface area contributed by atoms with Gasteiger partial charge < -0.3 is 5.11 Å². The third kappa shape index (κ3) is 2.57. The number of benzene rings is 1. The molecular formula is C15H18O2. The van der Waals surface area contributed by atoms with E-state index in [1.807, 2.05) is 18.2 Å². The van der Waals surface area contributed by atoms with Gasteiger partial charge in [-0.2, -0.15) is 0 Å². The van der Waals surface area contributed by atoms with E-state index < -0.39 is 5.97 Å². The molecule has 0 unspecified atom stereocenters. The summed E-state index contributed by atoms with van der Waals surface area (Å²) < 4.78 is 0. The van der Waals surface area contributed by atoms with Gasteiger partial charge >= 0.3 is 5.97 Å². The first-order chi connectivity index (χ1) is 8.12. The Labute approximate surface area is 102 Å². The van der Waals surface area contributed by atoms with Crippen molar-refractivity contribution < 1.29 is 9.90 Å². The maximum atomic E-state index is 10.9. The molecule has 0 bridgehead atoms. The molecule has 1 N–H and O–H groups in total. The van der Waals surface area contributed by atoms with Gasteiger partial charge in [0.15, 0.2) is 0 Å². The fourth-order valence-electron chi connectivity index (χ4n) is 2.56. The zero-order chi connectivity index (χ0) is 12.3. The fraction of sp³-hybridized carbons (Fsp3) is 0.400. The number of aliphatic carboxylic acids is 1. The Kier molecular flexibility index (Phi) is 3.32. The van der Waals surface area contributed by atoms with Crippen LogP contribution in [0.4, 0.5) is 0 Å². The fourth-order valence-corrected chi connectivity index (χ4v) is 2.56. The van der Waals surface area contributed by atoms with E-state index in [-0.39, 0.29) is 11.8 Å². The quantitative estimate of drug-likeness (QED) is 0.855. The first kappa shape index (κ1) is 11.9. The van der Waals surface area contributed by atoms with E-state index in [4.69, 9.17) is 5.11 Å². The lowest BCUT2D eigenvalue weighted by Crippen LogP contribution is -2.33. The highest BCUT2D eigenvalue weighted by Gasteiger charge is 2.40. The minimum absolute atomic E-state index is 0.0817. The summed E-state index contributed by atoms with van der Waals surface area (Å²) in [5, 5.41) is 9.00. The van der Waals surface area contributed by atoms with Gasteiger partial charge in [-0.3, -0.25) is 4.79 Å². The van der Waals surface area contributed by atoms with Gasteiger partial charge in [0.05, 0.1) is 6.42 Å². The molecule has 0 amide bonds. The van der Waals surface area contributed by atoms with Crippen molar-refractivity contribution in [3.05, 3.63) is 41.5 Å². The SMILES string of the molecule is C/C(=C/c1ccccc1)C1(CC(=O)O)CCC1. The van der Waals surface area contributed by atoms with Crippen LogP contribution in [0.1, 0.15) is 38.2 Å². The van der Waals surface area contributed by atoms with E-state index in [0.717, 1.165) is 24.8 Å². The standard InChI is InChI=1S/C15H18O2/c1-12(10-13-6-3-2-4-7-13)15(8-5-9-15)11-14(16)17/h2-4,6-7,10H,5,8-9,11H2,1H3,(H,16,17)/b12-10-. The normalized spacial score (nSPS) is 18.5. The Hall–Kier alpha value is -1.57. The van der Waals surface area contributed by atoms with Crippen LogP contribution in [0.2, 0.25) is 0 Å². The molecule has 1 saturated carbocycles. The highest BCUT2D eigenvalue weighted by atomic mass is 16.4.